The molecule has 4 heteroatoms. The first-order valence-electron chi connectivity index (χ1n) is 5.23. The van der Waals surface area contributed by atoms with Gasteiger partial charge in [0.15, 0.2) is 0 Å². The van der Waals surface area contributed by atoms with Gasteiger partial charge in [-0.15, -0.1) is 0 Å². The van der Waals surface area contributed by atoms with Crippen molar-refractivity contribution in [3.63, 3.8) is 0 Å². The smallest absolute Gasteiger partial charge is 0.212 e. The molecule has 0 saturated heterocycles. The zero-order chi connectivity index (χ0) is 12.3. The molecule has 3 nitrogen and oxygen atoms in total. The van der Waals surface area contributed by atoms with Crippen LogP contribution in [0.25, 0.3) is 11.1 Å². The highest BCUT2D eigenvalue weighted by molar-refractivity contribution is 5.64. The molecule has 0 aliphatic heterocycles. The van der Waals surface area contributed by atoms with Gasteiger partial charge in [-0.25, -0.2) is 4.98 Å². The lowest BCUT2D eigenvalue weighted by Gasteiger charge is -2.09. The van der Waals surface area contributed by atoms with Gasteiger partial charge in [0.25, 0.3) is 0 Å². The van der Waals surface area contributed by atoms with E-state index >= 15 is 0 Å². The maximum Gasteiger partial charge on any atom is 0.212 e. The molecular formula is C13H13FN2O. The molecule has 17 heavy (non-hydrogen) atoms. The first kappa shape index (κ1) is 11.5. The minimum absolute atomic E-state index is 0.394. The Morgan fingerprint density at radius 3 is 2.59 bits per heavy atom. The monoisotopic (exact) mass is 232 g/mol. The van der Waals surface area contributed by atoms with Gasteiger partial charge in [-0.05, 0) is 29.8 Å². The van der Waals surface area contributed by atoms with Crippen molar-refractivity contribution < 1.29 is 9.13 Å². The SMILES string of the molecule is COc1ccc(-c2ccc(F)nc2)cc1CN. The van der Waals surface area contributed by atoms with Gasteiger partial charge < -0.3 is 10.5 Å². The average molecular weight is 232 g/mol. The fourth-order valence-corrected chi connectivity index (χ4v) is 1.66. The Bertz CT molecular complexity index is 511. The molecule has 0 atom stereocenters. The molecule has 0 spiro atoms. The Hall–Kier alpha value is -1.94. The summed E-state index contributed by atoms with van der Waals surface area (Å²) in [7, 11) is 1.60. The number of pyridine rings is 1. The molecule has 1 aromatic carbocycles. The Balaban J connectivity index is 2.42. The summed E-state index contributed by atoms with van der Waals surface area (Å²) in [6.45, 7) is 0.394. The molecule has 2 rings (SSSR count). The molecule has 0 radical (unpaired) electrons. The molecule has 0 fully saturated rings. The molecule has 2 N–H and O–H groups in total. The van der Waals surface area contributed by atoms with Crippen molar-refractivity contribution in [1.29, 1.82) is 0 Å². The average Bonchev–Trinajstić information content (AvgIpc) is 2.39. The van der Waals surface area contributed by atoms with Crippen LogP contribution in [0.2, 0.25) is 0 Å². The fourth-order valence-electron chi connectivity index (χ4n) is 1.66. The van der Waals surface area contributed by atoms with Crippen LogP contribution < -0.4 is 10.5 Å². The molecule has 0 aliphatic carbocycles. The van der Waals surface area contributed by atoms with Crippen molar-refractivity contribution in [3.8, 4) is 16.9 Å². The zero-order valence-corrected chi connectivity index (χ0v) is 9.48. The van der Waals surface area contributed by atoms with Gasteiger partial charge in [0.1, 0.15) is 5.75 Å². The van der Waals surface area contributed by atoms with Gasteiger partial charge in [-0.3, -0.25) is 0 Å². The van der Waals surface area contributed by atoms with Crippen LogP contribution in [-0.4, -0.2) is 12.1 Å². The number of hydrogen-bond donors (Lipinski definition) is 1. The molecule has 0 amide bonds. The van der Waals surface area contributed by atoms with E-state index in [0.717, 1.165) is 22.4 Å². The van der Waals surface area contributed by atoms with Gasteiger partial charge in [-0.2, -0.15) is 4.39 Å². The first-order valence-corrected chi connectivity index (χ1v) is 5.23. The maximum atomic E-state index is 12.7. The highest BCUT2D eigenvalue weighted by atomic mass is 19.1. The molecule has 0 bridgehead atoms. The standard InChI is InChI=1S/C13H13FN2O/c1-17-12-4-2-9(6-11(12)7-15)10-3-5-13(14)16-8-10/h2-6,8H,7,15H2,1H3. The number of halogens is 1. The summed E-state index contributed by atoms with van der Waals surface area (Å²) in [5.74, 6) is 0.271. The minimum Gasteiger partial charge on any atom is -0.496 e. The Morgan fingerprint density at radius 2 is 2.00 bits per heavy atom. The first-order chi connectivity index (χ1) is 8.24. The third-order valence-corrected chi connectivity index (χ3v) is 2.56. The third-order valence-electron chi connectivity index (χ3n) is 2.56. The van der Waals surface area contributed by atoms with Crippen LogP contribution in [0.1, 0.15) is 5.56 Å². The van der Waals surface area contributed by atoms with E-state index in [1.807, 2.05) is 18.2 Å². The molecule has 2 aromatic rings. The molecule has 1 aromatic heterocycles. The van der Waals surface area contributed by atoms with Crippen LogP contribution in [0.5, 0.6) is 5.75 Å². The van der Waals surface area contributed by atoms with E-state index < -0.39 is 5.95 Å². The van der Waals surface area contributed by atoms with Crippen LogP contribution >= 0.6 is 0 Å². The number of benzene rings is 1. The van der Waals surface area contributed by atoms with E-state index in [1.54, 1.807) is 13.2 Å². The summed E-state index contributed by atoms with van der Waals surface area (Å²) < 4.78 is 17.9. The second-order valence-corrected chi connectivity index (χ2v) is 3.60. The number of nitrogens with two attached hydrogens (primary N) is 1. The highest BCUT2D eigenvalue weighted by Gasteiger charge is 2.05. The van der Waals surface area contributed by atoms with E-state index in [9.17, 15) is 4.39 Å². The quantitative estimate of drug-likeness (QED) is 0.826. The van der Waals surface area contributed by atoms with Crippen molar-refractivity contribution in [2.75, 3.05) is 7.11 Å². The summed E-state index contributed by atoms with van der Waals surface area (Å²) in [6, 6.07) is 8.69. The number of rotatable bonds is 3. The van der Waals surface area contributed by atoms with Crippen molar-refractivity contribution >= 4 is 0 Å². The van der Waals surface area contributed by atoms with Crippen molar-refractivity contribution in [2.45, 2.75) is 6.54 Å². The minimum atomic E-state index is -0.485. The topological polar surface area (TPSA) is 48.1 Å². The van der Waals surface area contributed by atoms with Gasteiger partial charge in [-0.1, -0.05) is 6.07 Å². The Kier molecular flexibility index (Phi) is 3.35. The van der Waals surface area contributed by atoms with Crippen molar-refractivity contribution in [3.05, 3.63) is 48.0 Å². The predicted molar refractivity (Wildman–Crippen MR) is 64.1 cm³/mol. The summed E-state index contributed by atoms with van der Waals surface area (Å²) in [6.07, 6.45) is 1.50. The number of nitrogens with zero attached hydrogens (tertiary/aromatic N) is 1. The summed E-state index contributed by atoms with van der Waals surface area (Å²) in [4.78, 5) is 3.62. The van der Waals surface area contributed by atoms with E-state index in [4.69, 9.17) is 10.5 Å². The van der Waals surface area contributed by atoms with Gasteiger partial charge in [0.2, 0.25) is 5.95 Å². The fraction of sp³-hybridized carbons (Fsp3) is 0.154. The van der Waals surface area contributed by atoms with Crippen LogP contribution in [-0.2, 0) is 6.54 Å². The maximum absolute atomic E-state index is 12.7. The van der Waals surface area contributed by atoms with Gasteiger partial charge in [0.05, 0.1) is 7.11 Å². The molecule has 0 aliphatic rings. The molecule has 88 valence electrons. The van der Waals surface area contributed by atoms with Crippen LogP contribution in [0.15, 0.2) is 36.5 Å². The van der Waals surface area contributed by atoms with Crippen molar-refractivity contribution in [1.82, 2.24) is 4.98 Å². The van der Waals surface area contributed by atoms with E-state index in [0.29, 0.717) is 6.54 Å². The molecule has 0 saturated carbocycles. The van der Waals surface area contributed by atoms with Crippen LogP contribution in [0.3, 0.4) is 0 Å². The van der Waals surface area contributed by atoms with E-state index in [-0.39, 0.29) is 0 Å². The summed E-state index contributed by atoms with van der Waals surface area (Å²) in [5, 5.41) is 0. The Labute approximate surface area is 99.1 Å². The van der Waals surface area contributed by atoms with Crippen molar-refractivity contribution in [2.24, 2.45) is 5.73 Å². The summed E-state index contributed by atoms with van der Waals surface area (Å²) in [5.41, 5.74) is 8.35. The number of hydrogen-bond acceptors (Lipinski definition) is 3. The molecule has 1 heterocycles. The largest absolute Gasteiger partial charge is 0.496 e. The van der Waals surface area contributed by atoms with Crippen LogP contribution in [0.4, 0.5) is 4.39 Å². The number of ether oxygens (including phenoxy) is 1. The second-order valence-electron chi connectivity index (χ2n) is 3.60. The van der Waals surface area contributed by atoms with E-state index in [2.05, 4.69) is 4.98 Å². The van der Waals surface area contributed by atoms with Crippen LogP contribution in [0, 0.1) is 5.95 Å². The molecular weight excluding hydrogens is 219 g/mol. The number of methoxy groups -OCH3 is 1. The lowest BCUT2D eigenvalue weighted by atomic mass is 10.0. The zero-order valence-electron chi connectivity index (χ0n) is 9.48. The second kappa shape index (κ2) is 4.93. The normalized spacial score (nSPS) is 10.3. The summed E-state index contributed by atoms with van der Waals surface area (Å²) >= 11 is 0. The third kappa shape index (κ3) is 2.42. The molecule has 0 unspecified atom stereocenters. The van der Waals surface area contributed by atoms with E-state index in [1.165, 1.54) is 12.3 Å². The highest BCUT2D eigenvalue weighted by Crippen LogP contribution is 2.25. The predicted octanol–water partition coefficient (Wildman–Crippen LogP) is 2.35. The lowest BCUT2D eigenvalue weighted by molar-refractivity contribution is 0.410. The lowest BCUT2D eigenvalue weighted by Crippen LogP contribution is -2.00. The van der Waals surface area contributed by atoms with Gasteiger partial charge >= 0.3 is 0 Å². The van der Waals surface area contributed by atoms with Gasteiger partial charge in [0, 0.05) is 23.9 Å². The Morgan fingerprint density at radius 1 is 1.24 bits per heavy atom. The number of aromatic nitrogens is 1.